The van der Waals surface area contributed by atoms with Gasteiger partial charge in [-0.25, -0.2) is 8.78 Å². The second kappa shape index (κ2) is 5.59. The first-order valence-corrected chi connectivity index (χ1v) is 7.83. The van der Waals surface area contributed by atoms with Gasteiger partial charge in [0.25, 0.3) is 0 Å². The van der Waals surface area contributed by atoms with Crippen molar-refractivity contribution in [2.24, 2.45) is 11.5 Å². The van der Waals surface area contributed by atoms with Crippen LogP contribution in [0.15, 0.2) is 24.4 Å². The zero-order chi connectivity index (χ0) is 16.9. The molecule has 0 unspecified atom stereocenters. The number of hydrogen-bond donors (Lipinski definition) is 3. The van der Waals surface area contributed by atoms with Gasteiger partial charge in [-0.05, 0) is 24.6 Å². The molecule has 0 bridgehead atoms. The number of H-pyrrole nitrogens is 1. The minimum atomic E-state index is -0.750. The first-order chi connectivity index (χ1) is 11.5. The van der Waals surface area contributed by atoms with Crippen LogP contribution in [0.1, 0.15) is 29.3 Å². The van der Waals surface area contributed by atoms with E-state index in [1.165, 1.54) is 0 Å². The van der Waals surface area contributed by atoms with Crippen molar-refractivity contribution in [1.82, 2.24) is 15.1 Å². The standard InChI is InChI=1S/C16H19F2N5O/c17-10-1-2-12(18)11(3-10)15-13(19)4-16(20,8-24-15)23-6-9-5-21-22-14(9)7-23/h1-3,5,13,15H,4,6-8,19-20H2,(H,21,22)/t13-,15+,16+/m0/s1. The maximum Gasteiger partial charge on any atom is 0.129 e. The van der Waals surface area contributed by atoms with E-state index in [0.29, 0.717) is 19.5 Å². The lowest BCUT2D eigenvalue weighted by Gasteiger charge is -2.46. The van der Waals surface area contributed by atoms with Gasteiger partial charge in [0.2, 0.25) is 0 Å². The number of benzene rings is 1. The number of ether oxygens (including phenoxy) is 1. The average Bonchev–Trinajstić information content (AvgIpc) is 3.12. The van der Waals surface area contributed by atoms with E-state index >= 15 is 0 Å². The molecule has 128 valence electrons. The van der Waals surface area contributed by atoms with E-state index in [9.17, 15) is 8.78 Å². The number of fused-ring (bicyclic) bond motifs is 1. The lowest BCUT2D eigenvalue weighted by atomic mass is 9.89. The van der Waals surface area contributed by atoms with Crippen LogP contribution in [-0.4, -0.2) is 33.4 Å². The fourth-order valence-electron chi connectivity index (χ4n) is 3.58. The SMILES string of the molecule is N[C@H]1C[C@@](N)(N2Cc3cn[nH]c3C2)CO[C@@H]1c1cc(F)ccc1F. The predicted molar refractivity (Wildman–Crippen MR) is 82.4 cm³/mol. The summed E-state index contributed by atoms with van der Waals surface area (Å²) in [4.78, 5) is 2.08. The van der Waals surface area contributed by atoms with Gasteiger partial charge < -0.3 is 16.2 Å². The van der Waals surface area contributed by atoms with Crippen molar-refractivity contribution in [2.75, 3.05) is 6.61 Å². The van der Waals surface area contributed by atoms with E-state index in [2.05, 4.69) is 15.1 Å². The lowest BCUT2D eigenvalue weighted by molar-refractivity contribution is -0.102. The molecule has 2 aliphatic heterocycles. The van der Waals surface area contributed by atoms with E-state index in [-0.39, 0.29) is 12.2 Å². The highest BCUT2D eigenvalue weighted by atomic mass is 19.1. The molecule has 2 aliphatic rings. The largest absolute Gasteiger partial charge is 0.368 e. The van der Waals surface area contributed by atoms with Crippen molar-refractivity contribution >= 4 is 0 Å². The smallest absolute Gasteiger partial charge is 0.129 e. The van der Waals surface area contributed by atoms with E-state index in [1.807, 2.05) is 0 Å². The van der Waals surface area contributed by atoms with Crippen LogP contribution < -0.4 is 11.5 Å². The predicted octanol–water partition coefficient (Wildman–Crippen LogP) is 1.15. The zero-order valence-corrected chi connectivity index (χ0v) is 13.0. The molecule has 5 N–H and O–H groups in total. The number of halogens is 2. The third kappa shape index (κ3) is 2.51. The third-order valence-electron chi connectivity index (χ3n) is 4.90. The van der Waals surface area contributed by atoms with Gasteiger partial charge >= 0.3 is 0 Å². The monoisotopic (exact) mass is 335 g/mol. The van der Waals surface area contributed by atoms with Crippen LogP contribution in [0.25, 0.3) is 0 Å². The molecule has 6 nitrogen and oxygen atoms in total. The highest BCUT2D eigenvalue weighted by Gasteiger charge is 2.45. The Morgan fingerprint density at radius 3 is 2.92 bits per heavy atom. The molecule has 8 heteroatoms. The van der Waals surface area contributed by atoms with Gasteiger partial charge in [-0.2, -0.15) is 5.10 Å². The molecule has 1 saturated heterocycles. The Morgan fingerprint density at radius 2 is 2.17 bits per heavy atom. The van der Waals surface area contributed by atoms with Gasteiger partial charge in [0.15, 0.2) is 0 Å². The summed E-state index contributed by atoms with van der Waals surface area (Å²) < 4.78 is 33.2. The molecule has 0 saturated carbocycles. The van der Waals surface area contributed by atoms with E-state index in [1.54, 1.807) is 6.20 Å². The number of nitrogens with two attached hydrogens (primary N) is 2. The van der Waals surface area contributed by atoms with Gasteiger partial charge in [-0.15, -0.1) is 0 Å². The van der Waals surface area contributed by atoms with E-state index in [0.717, 1.165) is 29.5 Å². The molecule has 2 aromatic rings. The molecule has 4 rings (SSSR count). The van der Waals surface area contributed by atoms with Crippen LogP contribution in [0.4, 0.5) is 8.78 Å². The Bertz CT molecular complexity index is 746. The second-order valence-electron chi connectivity index (χ2n) is 6.60. The zero-order valence-electron chi connectivity index (χ0n) is 13.0. The number of rotatable bonds is 2. The highest BCUT2D eigenvalue weighted by molar-refractivity contribution is 5.25. The summed E-state index contributed by atoms with van der Waals surface area (Å²) in [6.45, 7) is 1.50. The van der Waals surface area contributed by atoms with Gasteiger partial charge in [-0.3, -0.25) is 10.00 Å². The Labute approximate surface area is 137 Å². The minimum Gasteiger partial charge on any atom is -0.368 e. The van der Waals surface area contributed by atoms with Crippen LogP contribution in [0.2, 0.25) is 0 Å². The third-order valence-corrected chi connectivity index (χ3v) is 4.90. The van der Waals surface area contributed by atoms with Crippen molar-refractivity contribution in [2.45, 2.75) is 37.3 Å². The van der Waals surface area contributed by atoms with Crippen molar-refractivity contribution < 1.29 is 13.5 Å². The van der Waals surface area contributed by atoms with E-state index in [4.69, 9.17) is 16.2 Å². The first kappa shape index (κ1) is 15.6. The van der Waals surface area contributed by atoms with Crippen molar-refractivity contribution in [1.29, 1.82) is 0 Å². The van der Waals surface area contributed by atoms with Gasteiger partial charge in [0, 0.05) is 30.3 Å². The molecule has 0 aliphatic carbocycles. The lowest BCUT2D eigenvalue weighted by Crippen LogP contribution is -2.63. The number of aromatic amines is 1. The normalized spacial score (nSPS) is 30.5. The fourth-order valence-corrected chi connectivity index (χ4v) is 3.58. The molecule has 0 spiro atoms. The van der Waals surface area contributed by atoms with Crippen molar-refractivity contribution in [3.8, 4) is 0 Å². The molecule has 3 atom stereocenters. The summed E-state index contributed by atoms with van der Waals surface area (Å²) in [6.07, 6.45) is 1.50. The van der Waals surface area contributed by atoms with Gasteiger partial charge in [0.05, 0.1) is 24.2 Å². The van der Waals surface area contributed by atoms with Crippen molar-refractivity contribution in [3.05, 3.63) is 52.9 Å². The molecule has 1 fully saturated rings. The molecule has 3 heterocycles. The number of aromatic nitrogens is 2. The molecular weight excluding hydrogens is 316 g/mol. The minimum absolute atomic E-state index is 0.139. The van der Waals surface area contributed by atoms with Gasteiger partial charge in [0.1, 0.15) is 17.7 Å². The number of nitrogens with one attached hydrogen (secondary N) is 1. The Balaban J connectivity index is 1.52. The Kier molecular flexibility index (Phi) is 3.65. The average molecular weight is 335 g/mol. The Hall–Kier alpha value is -1.87. The summed E-state index contributed by atoms with van der Waals surface area (Å²) in [6, 6.07) is 2.77. The maximum atomic E-state index is 14.0. The van der Waals surface area contributed by atoms with Crippen LogP contribution in [-0.2, 0) is 17.8 Å². The topological polar surface area (TPSA) is 93.2 Å². The second-order valence-corrected chi connectivity index (χ2v) is 6.60. The van der Waals surface area contributed by atoms with Gasteiger partial charge in [-0.1, -0.05) is 0 Å². The summed E-state index contributed by atoms with van der Waals surface area (Å²) >= 11 is 0. The van der Waals surface area contributed by atoms with Crippen LogP contribution in [0, 0.1) is 11.6 Å². The number of nitrogens with zero attached hydrogens (tertiary/aromatic N) is 2. The summed E-state index contributed by atoms with van der Waals surface area (Å²) in [7, 11) is 0. The highest BCUT2D eigenvalue weighted by Crippen LogP contribution is 2.37. The molecule has 24 heavy (non-hydrogen) atoms. The molecule has 0 amide bonds. The molecular formula is C16H19F2N5O. The van der Waals surface area contributed by atoms with Crippen molar-refractivity contribution in [3.63, 3.8) is 0 Å². The van der Waals surface area contributed by atoms with Crippen LogP contribution in [0.5, 0.6) is 0 Å². The first-order valence-electron chi connectivity index (χ1n) is 7.83. The van der Waals surface area contributed by atoms with Crippen LogP contribution >= 0.6 is 0 Å². The summed E-state index contributed by atoms with van der Waals surface area (Å²) in [5, 5.41) is 6.96. The number of hydrogen-bond acceptors (Lipinski definition) is 5. The van der Waals surface area contributed by atoms with E-state index < -0.39 is 29.4 Å². The quantitative estimate of drug-likeness (QED) is 0.765. The maximum absolute atomic E-state index is 14.0. The molecule has 1 aromatic heterocycles. The summed E-state index contributed by atoms with van der Waals surface area (Å²) in [5.41, 5.74) is 14.3. The summed E-state index contributed by atoms with van der Waals surface area (Å²) in [5.74, 6) is -1.04. The molecule has 1 aromatic carbocycles. The van der Waals surface area contributed by atoms with Crippen LogP contribution in [0.3, 0.4) is 0 Å². The molecule has 0 radical (unpaired) electrons. The fraction of sp³-hybridized carbons (Fsp3) is 0.438. The Morgan fingerprint density at radius 1 is 1.33 bits per heavy atom.